The van der Waals surface area contributed by atoms with Crippen molar-refractivity contribution in [2.75, 3.05) is 12.7 Å². The molecule has 1 aliphatic rings. The van der Waals surface area contributed by atoms with Crippen LogP contribution in [0.15, 0.2) is 36.5 Å². The zero-order valence-corrected chi connectivity index (χ0v) is 23.2. The summed E-state index contributed by atoms with van der Waals surface area (Å²) in [6.45, 7) is 11.2. The van der Waals surface area contributed by atoms with Gasteiger partial charge < -0.3 is 28.9 Å². The van der Waals surface area contributed by atoms with E-state index in [0.29, 0.717) is 10.2 Å². The third kappa shape index (κ3) is 7.35. The zero-order valence-electron chi connectivity index (χ0n) is 22.7. The first-order valence-electron chi connectivity index (χ1n) is 12.4. The topological polar surface area (TPSA) is 116 Å². The number of carbonyl (C=O) groups excluding carboxylic acids is 1. The summed E-state index contributed by atoms with van der Waals surface area (Å²) in [5, 5.41) is 10.9. The van der Waals surface area contributed by atoms with Crippen molar-refractivity contribution in [1.82, 2.24) is 9.55 Å². The fourth-order valence-corrected chi connectivity index (χ4v) is 5.71. The van der Waals surface area contributed by atoms with Gasteiger partial charge in [-0.1, -0.05) is 37.3 Å². The van der Waals surface area contributed by atoms with Gasteiger partial charge >= 0.3 is 13.6 Å². The summed E-state index contributed by atoms with van der Waals surface area (Å²) in [7, 11) is -4.43. The molecule has 0 saturated carbocycles. The molecular weight excluding hydrogens is 537 g/mol. The van der Waals surface area contributed by atoms with Gasteiger partial charge in [-0.2, -0.15) is 0 Å². The predicted molar refractivity (Wildman–Crippen MR) is 141 cm³/mol. The molecule has 2 heterocycles. The Morgan fingerprint density at radius 1 is 1.35 bits per heavy atom. The third-order valence-corrected chi connectivity index (χ3v) is 7.96. The van der Waals surface area contributed by atoms with Crippen molar-refractivity contribution in [3.63, 3.8) is 0 Å². The van der Waals surface area contributed by atoms with Crippen molar-refractivity contribution in [3.8, 4) is 5.75 Å². The summed E-state index contributed by atoms with van der Waals surface area (Å²) in [5.41, 5.74) is 0.617. The number of aryl methyl sites for hydroxylation is 1. The molecule has 0 amide bonds. The average Bonchev–Trinajstić information content (AvgIpc) is 3.17. The van der Waals surface area contributed by atoms with E-state index in [9.17, 15) is 14.5 Å². The number of hydrogen-bond acceptors (Lipinski definition) is 9. The van der Waals surface area contributed by atoms with Crippen molar-refractivity contribution >= 4 is 38.0 Å². The Hall–Kier alpha value is -2.39. The maximum Gasteiger partial charge on any atom is 0.380 e. The molecular formula is C24H30N3O7PS2. The van der Waals surface area contributed by atoms with E-state index in [4.69, 9.17) is 52.3 Å². The van der Waals surface area contributed by atoms with Crippen LogP contribution < -0.4 is 4.52 Å². The number of aromatic nitrogens is 2. The smallest absolute Gasteiger partial charge is 0.380 e. The molecule has 2 aromatic rings. The van der Waals surface area contributed by atoms with Crippen LogP contribution in [0, 0.1) is 28.8 Å². The van der Waals surface area contributed by atoms with Crippen molar-refractivity contribution in [2.45, 2.75) is 58.3 Å². The molecule has 2 N–H and O–H groups in total. The summed E-state index contributed by atoms with van der Waals surface area (Å²) < 4.78 is 55.2. The van der Waals surface area contributed by atoms with E-state index in [1.807, 2.05) is 0 Å². The SMILES string of the molecule is [2H]C([2H])(O[P@@](=O)(C[C@@H](C)C(=O)OC(C)C)Oc1ccccc1)[C@@H]1O[C@H](n2cc(C)c(=S)[nH]c2=S)[C@H]([N+]#[C-])C1O. The van der Waals surface area contributed by atoms with Crippen LogP contribution in [0.4, 0.5) is 0 Å². The number of aromatic amines is 1. The zero-order chi connectivity index (χ0) is 29.1. The number of hydrogen-bond donors (Lipinski definition) is 2. The number of para-hydroxylation sites is 1. The van der Waals surface area contributed by atoms with E-state index in [1.54, 1.807) is 45.2 Å². The molecule has 10 nitrogen and oxygen atoms in total. The second-order valence-electron chi connectivity index (χ2n) is 8.83. The molecule has 1 aromatic heterocycles. The summed E-state index contributed by atoms with van der Waals surface area (Å²) in [5.74, 6) is -1.53. The first-order chi connectivity index (χ1) is 18.2. The van der Waals surface area contributed by atoms with Gasteiger partial charge in [0, 0.05) is 11.8 Å². The minimum Gasteiger partial charge on any atom is -0.463 e. The fraction of sp³-hybridized carbons (Fsp3) is 0.500. The summed E-state index contributed by atoms with van der Waals surface area (Å²) in [4.78, 5) is 18.7. The summed E-state index contributed by atoms with van der Waals surface area (Å²) >= 11 is 10.5. The lowest BCUT2D eigenvalue weighted by atomic mass is 10.1. The lowest BCUT2D eigenvalue weighted by Crippen LogP contribution is -2.32. The van der Waals surface area contributed by atoms with Crippen LogP contribution >= 0.6 is 32.0 Å². The highest BCUT2D eigenvalue weighted by atomic mass is 32.1. The van der Waals surface area contributed by atoms with Crippen LogP contribution in [0.3, 0.4) is 0 Å². The van der Waals surface area contributed by atoms with E-state index in [2.05, 4.69) is 9.83 Å². The second kappa shape index (κ2) is 12.4. The minimum absolute atomic E-state index is 0.106. The molecule has 1 aliphatic heterocycles. The van der Waals surface area contributed by atoms with Gasteiger partial charge in [0.15, 0.2) is 10.9 Å². The van der Waals surface area contributed by atoms with Crippen molar-refractivity contribution in [2.24, 2.45) is 5.92 Å². The highest BCUT2D eigenvalue weighted by Crippen LogP contribution is 2.50. The van der Waals surface area contributed by atoms with E-state index in [-0.39, 0.29) is 10.5 Å². The number of ether oxygens (including phenoxy) is 2. The van der Waals surface area contributed by atoms with Crippen LogP contribution in [-0.2, 0) is 23.4 Å². The Morgan fingerprint density at radius 2 is 2.03 bits per heavy atom. The standard InChI is InChI=1S/C24H30N3O7PS2/c1-14(2)32-23(29)16(4)13-35(30,34-17-9-7-6-8-10-17)31-12-18-20(28)19(25-5)22(33-18)27-11-15(3)21(36)26-24(27)37/h6-11,14,16,18-20,22,28H,12-13H2,1-4H3,(H,26,36,37)/t16-,18+,19-,20?,22+,35+/m1/s1/i12D2. The molecule has 1 fully saturated rings. The van der Waals surface area contributed by atoms with Gasteiger partial charge in [0.2, 0.25) is 6.23 Å². The number of esters is 1. The number of aliphatic hydroxyl groups is 1. The van der Waals surface area contributed by atoms with Gasteiger partial charge in [0.1, 0.15) is 16.5 Å². The van der Waals surface area contributed by atoms with Gasteiger partial charge in [0.05, 0.1) is 27.5 Å². The van der Waals surface area contributed by atoms with Gasteiger partial charge in [0.25, 0.3) is 6.04 Å². The molecule has 0 radical (unpaired) electrons. The highest BCUT2D eigenvalue weighted by Gasteiger charge is 2.51. The first-order valence-corrected chi connectivity index (χ1v) is 14.0. The molecule has 37 heavy (non-hydrogen) atoms. The van der Waals surface area contributed by atoms with E-state index in [1.165, 1.54) is 23.6 Å². The molecule has 200 valence electrons. The number of rotatable bonds is 10. The number of benzene rings is 1. The Morgan fingerprint density at radius 3 is 2.65 bits per heavy atom. The molecule has 13 heteroatoms. The Kier molecular flexibility index (Phi) is 8.81. The van der Waals surface area contributed by atoms with Crippen molar-refractivity contribution in [3.05, 3.63) is 62.9 Å². The molecule has 6 atom stereocenters. The molecule has 1 unspecified atom stereocenters. The molecule has 0 aliphatic carbocycles. The maximum absolute atomic E-state index is 14.0. The molecule has 0 bridgehead atoms. The van der Waals surface area contributed by atoms with Crippen LogP contribution in [0.5, 0.6) is 5.75 Å². The molecule has 1 saturated heterocycles. The number of nitrogens with one attached hydrogen (secondary N) is 1. The fourth-order valence-electron chi connectivity index (χ4n) is 3.53. The maximum atomic E-state index is 14.0. The van der Waals surface area contributed by atoms with Crippen LogP contribution in [0.2, 0.25) is 0 Å². The van der Waals surface area contributed by atoms with Gasteiger partial charge in [-0.05, 0) is 45.1 Å². The number of aliphatic hydroxyl groups excluding tert-OH is 1. The van der Waals surface area contributed by atoms with E-state index >= 15 is 0 Å². The second-order valence-corrected chi connectivity index (χ2v) is 11.6. The monoisotopic (exact) mass is 569 g/mol. The largest absolute Gasteiger partial charge is 0.463 e. The van der Waals surface area contributed by atoms with Crippen LogP contribution in [0.1, 0.15) is 35.3 Å². The Bertz CT molecular complexity index is 1400. The average molecular weight is 570 g/mol. The molecule has 1 aromatic carbocycles. The lowest BCUT2D eigenvalue weighted by Gasteiger charge is -2.24. The lowest BCUT2D eigenvalue weighted by molar-refractivity contribution is -0.151. The Balaban J connectivity index is 1.94. The van der Waals surface area contributed by atoms with Gasteiger partial charge in [-0.15, -0.1) is 0 Å². The van der Waals surface area contributed by atoms with Crippen LogP contribution in [-0.4, -0.2) is 57.7 Å². The van der Waals surface area contributed by atoms with Crippen molar-refractivity contribution in [1.29, 1.82) is 0 Å². The number of H-pyrrole nitrogens is 1. The quantitative estimate of drug-likeness (QED) is 0.176. The van der Waals surface area contributed by atoms with Gasteiger partial charge in [-0.25, -0.2) is 11.1 Å². The van der Waals surface area contributed by atoms with E-state index < -0.39 is 62.8 Å². The van der Waals surface area contributed by atoms with Crippen molar-refractivity contribution < 1.29 is 35.7 Å². The molecule has 3 rings (SSSR count). The highest BCUT2D eigenvalue weighted by molar-refractivity contribution is 7.72. The Labute approximate surface area is 228 Å². The summed E-state index contributed by atoms with van der Waals surface area (Å²) in [6, 6.07) is 6.66. The van der Waals surface area contributed by atoms with Crippen LogP contribution in [0.25, 0.3) is 4.85 Å². The summed E-state index contributed by atoms with van der Waals surface area (Å²) in [6.07, 6.45) is -4.06. The normalized spacial score (nSPS) is 24.9. The first kappa shape index (κ1) is 26.2. The predicted octanol–water partition coefficient (Wildman–Crippen LogP) is 5.01. The van der Waals surface area contributed by atoms with E-state index in [0.717, 1.165) is 0 Å². The molecule has 0 spiro atoms. The number of carbonyl (C=O) groups is 1. The van der Waals surface area contributed by atoms with Gasteiger partial charge in [-0.3, -0.25) is 13.9 Å². The number of nitrogens with zero attached hydrogens (tertiary/aromatic N) is 2. The minimum atomic E-state index is -4.43. The third-order valence-electron chi connectivity index (χ3n) is 5.35.